The number of aliphatic hydroxyl groups is 1. The van der Waals surface area contributed by atoms with Crippen molar-refractivity contribution in [3.8, 4) is 0 Å². The van der Waals surface area contributed by atoms with E-state index in [1.807, 2.05) is 0 Å². The summed E-state index contributed by atoms with van der Waals surface area (Å²) in [5.41, 5.74) is 0. The second-order valence-electron chi connectivity index (χ2n) is 17.7. The van der Waals surface area contributed by atoms with E-state index in [1.165, 1.54) is 51.4 Å². The highest BCUT2D eigenvalue weighted by Crippen LogP contribution is 2.43. The fraction of sp³-hybridized carbons (Fsp3) is 0.732. The van der Waals surface area contributed by atoms with Crippen LogP contribution >= 0.6 is 7.82 Å². The van der Waals surface area contributed by atoms with Gasteiger partial charge in [-0.1, -0.05) is 177 Å². The van der Waals surface area contributed by atoms with Gasteiger partial charge in [0.25, 0.3) is 0 Å². The van der Waals surface area contributed by atoms with Crippen molar-refractivity contribution >= 4 is 25.7 Å². The molecule has 0 bridgehead atoms. The Morgan fingerprint density at radius 3 is 1.25 bits per heavy atom. The maximum absolute atomic E-state index is 12.9. The van der Waals surface area contributed by atoms with Gasteiger partial charge in [-0.15, -0.1) is 0 Å². The molecule has 12 heteroatoms. The minimum absolute atomic E-state index is 0.139. The van der Waals surface area contributed by atoms with E-state index in [4.69, 9.17) is 23.3 Å². The average molecular weight is 977 g/mol. The standard InChI is InChI=1S/C56H97O11P/c1-4-7-10-13-16-19-22-24-25-26-27-29-32-35-38-41-44-47-56(60)67-53(49-63-54(58)45-42-39-36-33-30-21-18-15-12-9-6-3)51-65-68(61,62)64-50-52(48-57)66-55(59)46-43-40-37-34-31-28-23-20-17-14-11-8-5-2/h8,11,15-20,24-25,28,31,52-53,57H,4-7,9-10,12-14,21-23,26-27,29-30,32-51H2,1-3H3,(H,61,62)/b11-8-,18-15-,19-16-,20-17-,25-24-,31-28-. The van der Waals surface area contributed by atoms with Crippen molar-refractivity contribution < 1.29 is 52.2 Å². The maximum atomic E-state index is 12.9. The summed E-state index contributed by atoms with van der Waals surface area (Å²) in [7, 11) is -4.75. The summed E-state index contributed by atoms with van der Waals surface area (Å²) in [6.07, 6.45) is 54.4. The molecule has 0 saturated carbocycles. The first kappa shape index (κ1) is 64.9. The number of carbonyl (C=O) groups is 3. The molecule has 68 heavy (non-hydrogen) atoms. The van der Waals surface area contributed by atoms with Crippen LogP contribution < -0.4 is 0 Å². The Kier molecular flexibility index (Phi) is 48.0. The SMILES string of the molecule is CC/C=C\C/C=C\C/C=C\CCCCCC(=O)OC(CO)COP(=O)(O)OCC(COC(=O)CCCCCCC/C=C\CCCC)OC(=O)CCCCCCCCC/C=C\C/C=C\CCCCC. The molecule has 0 aromatic rings. The van der Waals surface area contributed by atoms with Gasteiger partial charge < -0.3 is 24.2 Å². The molecule has 0 radical (unpaired) electrons. The van der Waals surface area contributed by atoms with Crippen molar-refractivity contribution in [2.75, 3.05) is 26.4 Å². The summed E-state index contributed by atoms with van der Waals surface area (Å²) in [6.45, 7) is 4.40. The predicted molar refractivity (Wildman–Crippen MR) is 279 cm³/mol. The number of rotatable bonds is 49. The molecule has 0 fully saturated rings. The number of phosphoric acid groups is 1. The third-order valence-electron chi connectivity index (χ3n) is 11.1. The molecule has 392 valence electrons. The molecule has 0 saturated heterocycles. The lowest BCUT2D eigenvalue weighted by molar-refractivity contribution is -0.161. The molecule has 3 atom stereocenters. The van der Waals surface area contributed by atoms with Gasteiger partial charge in [0.15, 0.2) is 6.10 Å². The van der Waals surface area contributed by atoms with Gasteiger partial charge >= 0.3 is 25.7 Å². The van der Waals surface area contributed by atoms with Crippen molar-refractivity contribution in [2.45, 2.75) is 238 Å². The van der Waals surface area contributed by atoms with Gasteiger partial charge in [0.1, 0.15) is 12.7 Å². The van der Waals surface area contributed by atoms with Gasteiger partial charge in [-0.2, -0.15) is 0 Å². The second kappa shape index (κ2) is 50.3. The predicted octanol–water partition coefficient (Wildman–Crippen LogP) is 15.4. The zero-order valence-corrected chi connectivity index (χ0v) is 43.9. The van der Waals surface area contributed by atoms with Crippen LogP contribution in [0.2, 0.25) is 0 Å². The van der Waals surface area contributed by atoms with E-state index in [2.05, 4.69) is 93.7 Å². The van der Waals surface area contributed by atoms with Crippen LogP contribution in [0.1, 0.15) is 226 Å². The number of hydrogen-bond acceptors (Lipinski definition) is 10. The highest BCUT2D eigenvalue weighted by Gasteiger charge is 2.28. The first-order valence-corrected chi connectivity index (χ1v) is 28.3. The van der Waals surface area contributed by atoms with Crippen LogP contribution in [-0.4, -0.2) is 66.5 Å². The molecule has 0 aliphatic carbocycles. The smallest absolute Gasteiger partial charge is 0.462 e. The monoisotopic (exact) mass is 977 g/mol. The normalized spacial score (nSPS) is 14.0. The van der Waals surface area contributed by atoms with E-state index >= 15 is 0 Å². The van der Waals surface area contributed by atoms with E-state index < -0.39 is 57.8 Å². The minimum atomic E-state index is -4.75. The van der Waals surface area contributed by atoms with Crippen LogP contribution in [0.25, 0.3) is 0 Å². The number of aliphatic hydroxyl groups excluding tert-OH is 1. The molecule has 0 aromatic carbocycles. The Labute approximate surface area is 414 Å². The Morgan fingerprint density at radius 2 is 0.779 bits per heavy atom. The number of hydrogen-bond donors (Lipinski definition) is 2. The van der Waals surface area contributed by atoms with Crippen LogP contribution in [0.4, 0.5) is 0 Å². The molecule has 3 unspecified atom stereocenters. The van der Waals surface area contributed by atoms with E-state index in [0.29, 0.717) is 19.3 Å². The number of allylic oxidation sites excluding steroid dienone is 12. The lowest BCUT2D eigenvalue weighted by Gasteiger charge is -2.21. The first-order chi connectivity index (χ1) is 33.2. The van der Waals surface area contributed by atoms with Crippen molar-refractivity contribution in [2.24, 2.45) is 0 Å². The summed E-state index contributed by atoms with van der Waals surface area (Å²) in [5, 5.41) is 9.77. The number of phosphoric ester groups is 1. The van der Waals surface area contributed by atoms with Crippen LogP contribution in [0, 0.1) is 0 Å². The minimum Gasteiger partial charge on any atom is -0.462 e. The zero-order valence-electron chi connectivity index (χ0n) is 43.1. The highest BCUT2D eigenvalue weighted by molar-refractivity contribution is 7.47. The van der Waals surface area contributed by atoms with Crippen molar-refractivity contribution in [3.05, 3.63) is 72.9 Å². The van der Waals surface area contributed by atoms with Crippen LogP contribution in [0.5, 0.6) is 0 Å². The third kappa shape index (κ3) is 48.0. The van der Waals surface area contributed by atoms with E-state index in [1.54, 1.807) is 0 Å². The molecular formula is C56H97O11P. The lowest BCUT2D eigenvalue weighted by Crippen LogP contribution is -2.30. The van der Waals surface area contributed by atoms with E-state index in [0.717, 1.165) is 116 Å². The summed E-state index contributed by atoms with van der Waals surface area (Å²) in [4.78, 5) is 48.3. The molecule has 0 heterocycles. The molecule has 0 amide bonds. The molecule has 2 N–H and O–H groups in total. The van der Waals surface area contributed by atoms with Crippen LogP contribution in [0.15, 0.2) is 72.9 Å². The fourth-order valence-electron chi connectivity index (χ4n) is 6.97. The molecule has 0 aliphatic rings. The van der Waals surface area contributed by atoms with Gasteiger partial charge in [0.05, 0.1) is 19.8 Å². The van der Waals surface area contributed by atoms with E-state index in [-0.39, 0.29) is 25.9 Å². The van der Waals surface area contributed by atoms with Gasteiger partial charge in [0, 0.05) is 19.3 Å². The second-order valence-corrected chi connectivity index (χ2v) is 19.1. The van der Waals surface area contributed by atoms with Crippen molar-refractivity contribution in [1.29, 1.82) is 0 Å². The third-order valence-corrected chi connectivity index (χ3v) is 12.0. The first-order valence-electron chi connectivity index (χ1n) is 26.8. The van der Waals surface area contributed by atoms with Gasteiger partial charge in [-0.05, 0) is 103 Å². The molecule has 0 aromatic heterocycles. The summed E-state index contributed by atoms with van der Waals surface area (Å²) >= 11 is 0. The van der Waals surface area contributed by atoms with Crippen molar-refractivity contribution in [3.63, 3.8) is 0 Å². The molecule has 0 spiro atoms. The van der Waals surface area contributed by atoms with Gasteiger partial charge in [-0.3, -0.25) is 23.4 Å². The Balaban J connectivity index is 4.76. The van der Waals surface area contributed by atoms with E-state index in [9.17, 15) is 28.9 Å². The Bertz CT molecular complexity index is 1420. The Morgan fingerprint density at radius 1 is 0.426 bits per heavy atom. The maximum Gasteiger partial charge on any atom is 0.472 e. The highest BCUT2D eigenvalue weighted by atomic mass is 31.2. The lowest BCUT2D eigenvalue weighted by atomic mass is 10.1. The zero-order chi connectivity index (χ0) is 49.9. The molecular weight excluding hydrogens is 880 g/mol. The van der Waals surface area contributed by atoms with Gasteiger partial charge in [0.2, 0.25) is 0 Å². The average Bonchev–Trinajstić information content (AvgIpc) is 3.32. The van der Waals surface area contributed by atoms with Crippen molar-refractivity contribution in [1.82, 2.24) is 0 Å². The summed E-state index contributed by atoms with van der Waals surface area (Å²) in [6, 6.07) is 0. The topological polar surface area (TPSA) is 155 Å². The Hall–Kier alpha value is -3.08. The largest absolute Gasteiger partial charge is 0.472 e. The van der Waals surface area contributed by atoms with Crippen LogP contribution in [0.3, 0.4) is 0 Å². The molecule has 11 nitrogen and oxygen atoms in total. The number of unbranched alkanes of at least 4 members (excludes halogenated alkanes) is 20. The number of esters is 3. The number of carbonyl (C=O) groups excluding carboxylic acids is 3. The number of ether oxygens (including phenoxy) is 3. The molecule has 0 aliphatic heterocycles. The summed E-state index contributed by atoms with van der Waals surface area (Å²) in [5.74, 6) is -1.52. The van der Waals surface area contributed by atoms with Gasteiger partial charge in [-0.25, -0.2) is 4.57 Å². The molecule has 0 rings (SSSR count). The quantitative estimate of drug-likeness (QED) is 0.0197. The summed E-state index contributed by atoms with van der Waals surface area (Å²) < 4.78 is 39.3. The van der Waals surface area contributed by atoms with Crippen LogP contribution in [-0.2, 0) is 42.2 Å². The fourth-order valence-corrected chi connectivity index (χ4v) is 7.75.